The molecule has 8 aromatic carbocycles. The van der Waals surface area contributed by atoms with Crippen molar-refractivity contribution in [2.24, 2.45) is 0 Å². The molecule has 0 spiro atoms. The van der Waals surface area contributed by atoms with E-state index in [1.54, 1.807) is 0 Å². The van der Waals surface area contributed by atoms with E-state index in [-0.39, 0.29) is 0 Å². The summed E-state index contributed by atoms with van der Waals surface area (Å²) in [6.07, 6.45) is 0. The van der Waals surface area contributed by atoms with E-state index in [4.69, 9.17) is 19.4 Å². The fourth-order valence-electron chi connectivity index (χ4n) is 7.90. The molecule has 0 saturated carbocycles. The molecule has 0 aliphatic heterocycles. The van der Waals surface area contributed by atoms with Crippen molar-refractivity contribution < 1.29 is 4.42 Å². The van der Waals surface area contributed by atoms with Gasteiger partial charge in [0.25, 0.3) is 0 Å². The molecule has 0 aliphatic rings. The Morgan fingerprint density at radius 2 is 0.804 bits per heavy atom. The maximum absolute atomic E-state index is 6.45. The molecule has 0 amide bonds. The van der Waals surface area contributed by atoms with Gasteiger partial charge >= 0.3 is 0 Å². The van der Waals surface area contributed by atoms with Crippen LogP contribution in [0.25, 0.3) is 106 Å². The summed E-state index contributed by atoms with van der Waals surface area (Å²) < 4.78 is 8.83. The lowest BCUT2D eigenvalue weighted by Gasteiger charge is -2.10. The summed E-state index contributed by atoms with van der Waals surface area (Å²) in [5.74, 6) is 1.86. The third-order valence-electron chi connectivity index (χ3n) is 10.7. The van der Waals surface area contributed by atoms with Gasteiger partial charge < -0.3 is 8.98 Å². The second kappa shape index (κ2) is 13.0. The van der Waals surface area contributed by atoms with Crippen LogP contribution in [0.4, 0.5) is 0 Å². The quantitative estimate of drug-likeness (QED) is 0.172. The first-order valence-electron chi connectivity index (χ1n) is 18.8. The van der Waals surface area contributed by atoms with Gasteiger partial charge in [0.2, 0.25) is 0 Å². The first kappa shape index (κ1) is 31.9. The normalized spacial score (nSPS) is 11.6. The summed E-state index contributed by atoms with van der Waals surface area (Å²) in [5.41, 5.74) is 12.5. The molecule has 5 heteroatoms. The third kappa shape index (κ3) is 5.45. The molecule has 0 fully saturated rings. The SMILES string of the molecule is c1ccc(-c2ccc3c4ccccc4n(-c4ccc(-c5ccc6oc7cc(-c8nc(-c9ccccc9)nc(-c9ccccc9)n8)ccc7c6c5)cc4)c3c2)cc1. The van der Waals surface area contributed by atoms with Gasteiger partial charge in [-0.3, -0.25) is 0 Å². The molecule has 3 heterocycles. The maximum atomic E-state index is 6.45. The second-order valence-corrected chi connectivity index (χ2v) is 14.1. The van der Waals surface area contributed by atoms with Crippen LogP contribution in [0, 0.1) is 0 Å². The molecule has 0 aliphatic carbocycles. The molecule has 0 radical (unpaired) electrons. The van der Waals surface area contributed by atoms with Crippen LogP contribution >= 0.6 is 0 Å². The molecular formula is C51H32N4O. The Hall–Kier alpha value is -7.63. The highest BCUT2D eigenvalue weighted by Crippen LogP contribution is 2.37. The molecule has 0 saturated heterocycles. The molecule has 262 valence electrons. The third-order valence-corrected chi connectivity index (χ3v) is 10.7. The minimum Gasteiger partial charge on any atom is -0.456 e. The lowest BCUT2D eigenvalue weighted by Crippen LogP contribution is -2.00. The first-order chi connectivity index (χ1) is 27.7. The number of hydrogen-bond acceptors (Lipinski definition) is 4. The molecule has 0 bridgehead atoms. The number of furan rings is 1. The fraction of sp³-hybridized carbons (Fsp3) is 0. The average molecular weight is 717 g/mol. The first-order valence-corrected chi connectivity index (χ1v) is 18.8. The zero-order chi connectivity index (χ0) is 37.0. The van der Waals surface area contributed by atoms with Crippen molar-refractivity contribution in [2.45, 2.75) is 0 Å². The highest BCUT2D eigenvalue weighted by atomic mass is 16.3. The Morgan fingerprint density at radius 1 is 0.304 bits per heavy atom. The van der Waals surface area contributed by atoms with Crippen molar-refractivity contribution in [2.75, 3.05) is 0 Å². The van der Waals surface area contributed by atoms with Crippen LogP contribution in [0.3, 0.4) is 0 Å². The summed E-state index contributed by atoms with van der Waals surface area (Å²) >= 11 is 0. The number of para-hydroxylation sites is 1. The van der Waals surface area contributed by atoms with Gasteiger partial charge in [-0.2, -0.15) is 0 Å². The molecule has 56 heavy (non-hydrogen) atoms. The van der Waals surface area contributed by atoms with Crippen LogP contribution in [0.15, 0.2) is 199 Å². The largest absolute Gasteiger partial charge is 0.456 e. The van der Waals surface area contributed by atoms with E-state index in [0.717, 1.165) is 55.4 Å². The number of nitrogens with zero attached hydrogens (tertiary/aromatic N) is 4. The highest BCUT2D eigenvalue weighted by molar-refractivity contribution is 6.10. The van der Waals surface area contributed by atoms with Crippen molar-refractivity contribution >= 4 is 43.7 Å². The number of aromatic nitrogens is 4. The van der Waals surface area contributed by atoms with Crippen molar-refractivity contribution in [1.82, 2.24) is 19.5 Å². The Morgan fingerprint density at radius 3 is 1.50 bits per heavy atom. The van der Waals surface area contributed by atoms with E-state index in [9.17, 15) is 0 Å². The van der Waals surface area contributed by atoms with Crippen LogP contribution in [0.1, 0.15) is 0 Å². The van der Waals surface area contributed by atoms with Crippen LogP contribution in [0.2, 0.25) is 0 Å². The highest BCUT2D eigenvalue weighted by Gasteiger charge is 2.17. The van der Waals surface area contributed by atoms with Gasteiger partial charge in [0.1, 0.15) is 11.2 Å². The maximum Gasteiger partial charge on any atom is 0.164 e. The molecule has 5 nitrogen and oxygen atoms in total. The fourth-order valence-corrected chi connectivity index (χ4v) is 7.90. The zero-order valence-electron chi connectivity index (χ0n) is 30.2. The molecule has 11 aromatic rings. The van der Waals surface area contributed by atoms with Crippen molar-refractivity contribution in [3.8, 4) is 62.1 Å². The summed E-state index contributed by atoms with van der Waals surface area (Å²) in [6, 6.07) is 67.6. The number of fused-ring (bicyclic) bond motifs is 6. The molecule has 0 N–H and O–H groups in total. The summed E-state index contributed by atoms with van der Waals surface area (Å²) in [7, 11) is 0. The van der Waals surface area contributed by atoms with E-state index in [0.29, 0.717) is 17.5 Å². The standard InChI is InChI=1S/C51H32N4O/c1-4-12-33(13-5-1)38-22-27-42-41-18-10-11-19-45(41)55(46(42)31-38)40-25-20-34(21-26-40)37-24-29-47-44(30-37)43-28-23-39(32-48(43)56-47)51-53-49(35-14-6-2-7-15-35)52-50(54-51)36-16-8-3-9-17-36/h1-32H. The van der Waals surface area contributed by atoms with Gasteiger partial charge in [0.05, 0.1) is 11.0 Å². The molecule has 0 atom stereocenters. The summed E-state index contributed by atoms with van der Waals surface area (Å²) in [6.45, 7) is 0. The topological polar surface area (TPSA) is 56.7 Å². The van der Waals surface area contributed by atoms with E-state index >= 15 is 0 Å². The number of hydrogen-bond donors (Lipinski definition) is 0. The van der Waals surface area contributed by atoms with Crippen molar-refractivity contribution in [3.63, 3.8) is 0 Å². The van der Waals surface area contributed by atoms with Gasteiger partial charge in [0, 0.05) is 43.9 Å². The van der Waals surface area contributed by atoms with Crippen molar-refractivity contribution in [1.29, 1.82) is 0 Å². The van der Waals surface area contributed by atoms with E-state index in [1.165, 1.54) is 32.9 Å². The monoisotopic (exact) mass is 716 g/mol. The molecule has 11 rings (SSSR count). The summed E-state index contributed by atoms with van der Waals surface area (Å²) in [5, 5.41) is 4.60. The van der Waals surface area contributed by atoms with E-state index in [1.807, 2.05) is 66.7 Å². The Bertz CT molecular complexity index is 3160. The van der Waals surface area contributed by atoms with Crippen LogP contribution in [-0.4, -0.2) is 19.5 Å². The smallest absolute Gasteiger partial charge is 0.164 e. The van der Waals surface area contributed by atoms with Gasteiger partial charge in [0.15, 0.2) is 17.5 Å². The van der Waals surface area contributed by atoms with Gasteiger partial charge in [-0.1, -0.05) is 146 Å². The molecule has 0 unspecified atom stereocenters. The minimum absolute atomic E-state index is 0.598. The van der Waals surface area contributed by atoms with E-state index < -0.39 is 0 Å². The lowest BCUT2D eigenvalue weighted by molar-refractivity contribution is 0.669. The number of rotatable bonds is 6. The zero-order valence-corrected chi connectivity index (χ0v) is 30.2. The van der Waals surface area contributed by atoms with Gasteiger partial charge in [-0.25, -0.2) is 15.0 Å². The van der Waals surface area contributed by atoms with Crippen molar-refractivity contribution in [3.05, 3.63) is 194 Å². The predicted octanol–water partition coefficient (Wildman–Crippen LogP) is 13.2. The Kier molecular flexibility index (Phi) is 7.42. The van der Waals surface area contributed by atoms with Crippen LogP contribution in [0.5, 0.6) is 0 Å². The van der Waals surface area contributed by atoms with Crippen LogP contribution < -0.4 is 0 Å². The number of benzene rings is 8. The predicted molar refractivity (Wildman–Crippen MR) is 229 cm³/mol. The van der Waals surface area contributed by atoms with Gasteiger partial charge in [-0.15, -0.1) is 0 Å². The second-order valence-electron chi connectivity index (χ2n) is 14.1. The van der Waals surface area contributed by atoms with E-state index in [2.05, 4.69) is 132 Å². The Balaban J connectivity index is 0.963. The Labute approximate surface area is 322 Å². The molecule has 3 aromatic heterocycles. The lowest BCUT2D eigenvalue weighted by atomic mass is 10.0. The average Bonchev–Trinajstić information content (AvgIpc) is 3.82. The van der Waals surface area contributed by atoms with Gasteiger partial charge in [-0.05, 0) is 70.8 Å². The molecular weight excluding hydrogens is 685 g/mol. The van der Waals surface area contributed by atoms with Crippen LogP contribution in [-0.2, 0) is 0 Å². The minimum atomic E-state index is 0.598. The summed E-state index contributed by atoms with van der Waals surface area (Å²) in [4.78, 5) is 14.7.